The molecule has 4 N–H and O–H groups in total. The molecule has 6 amide bonds. The summed E-state index contributed by atoms with van der Waals surface area (Å²) in [5, 5.41) is 10.3. The number of hydrogen-bond donors (Lipinski definition) is 4. The van der Waals surface area contributed by atoms with E-state index in [2.05, 4.69) is 21.3 Å². The molecule has 0 aromatic rings. The minimum Gasteiger partial charge on any atom is -0.354 e. The zero-order valence-electron chi connectivity index (χ0n) is 19.7. The summed E-state index contributed by atoms with van der Waals surface area (Å²) in [4.78, 5) is 72.5. The van der Waals surface area contributed by atoms with Gasteiger partial charge in [-0.25, -0.2) is 0 Å². The molecule has 0 bridgehead atoms. The van der Waals surface area contributed by atoms with Gasteiger partial charge in [0.05, 0.1) is 0 Å². The fourth-order valence-corrected chi connectivity index (χ4v) is 2.97. The van der Waals surface area contributed by atoms with Gasteiger partial charge in [0.2, 0.25) is 23.6 Å². The van der Waals surface area contributed by atoms with E-state index in [1.54, 1.807) is 6.92 Å². The van der Waals surface area contributed by atoms with E-state index < -0.39 is 29.9 Å². The van der Waals surface area contributed by atoms with Gasteiger partial charge in [-0.1, -0.05) is 13.3 Å². The molecule has 0 aromatic carbocycles. The van der Waals surface area contributed by atoms with Crippen LogP contribution in [-0.2, 0) is 28.8 Å². The first kappa shape index (κ1) is 27.8. The van der Waals surface area contributed by atoms with Crippen molar-refractivity contribution in [2.75, 3.05) is 13.1 Å². The van der Waals surface area contributed by atoms with Gasteiger partial charge in [0.25, 0.3) is 11.8 Å². The van der Waals surface area contributed by atoms with Crippen molar-refractivity contribution >= 4 is 35.4 Å². The molecular formula is C22H35N5O6. The van der Waals surface area contributed by atoms with Crippen LogP contribution in [0.2, 0.25) is 0 Å². The van der Waals surface area contributed by atoms with Gasteiger partial charge in [0.1, 0.15) is 18.1 Å². The summed E-state index contributed by atoms with van der Waals surface area (Å²) in [5.74, 6) is -2.30. The average molecular weight is 466 g/mol. The van der Waals surface area contributed by atoms with Gasteiger partial charge < -0.3 is 21.3 Å². The first-order chi connectivity index (χ1) is 15.6. The predicted molar refractivity (Wildman–Crippen MR) is 120 cm³/mol. The van der Waals surface area contributed by atoms with Crippen molar-refractivity contribution in [3.63, 3.8) is 0 Å². The van der Waals surface area contributed by atoms with Crippen LogP contribution in [0.5, 0.6) is 0 Å². The Morgan fingerprint density at radius 3 is 1.85 bits per heavy atom. The van der Waals surface area contributed by atoms with Gasteiger partial charge in [0, 0.05) is 31.7 Å². The molecule has 1 heterocycles. The third-order valence-electron chi connectivity index (χ3n) is 5.01. The van der Waals surface area contributed by atoms with Gasteiger partial charge in [0.15, 0.2) is 0 Å². The molecule has 0 unspecified atom stereocenters. The highest BCUT2D eigenvalue weighted by Gasteiger charge is 2.24. The highest BCUT2D eigenvalue weighted by atomic mass is 16.2. The molecular weight excluding hydrogens is 430 g/mol. The molecule has 0 saturated carbocycles. The Morgan fingerprint density at radius 2 is 1.30 bits per heavy atom. The second-order valence-corrected chi connectivity index (χ2v) is 8.01. The SMILES string of the molecule is CCCNC(=O)[C@H](C)NC(=O)[C@H](C)NC(=O)[C@H](C)NC(=O)CCCCCN1C(=O)C=CC1=O. The largest absolute Gasteiger partial charge is 0.354 e. The van der Waals surface area contributed by atoms with Crippen molar-refractivity contribution in [3.8, 4) is 0 Å². The Labute approximate surface area is 194 Å². The fraction of sp³-hybridized carbons (Fsp3) is 0.636. The fourth-order valence-electron chi connectivity index (χ4n) is 2.97. The van der Waals surface area contributed by atoms with E-state index in [0.717, 1.165) is 11.3 Å². The molecule has 3 atom stereocenters. The van der Waals surface area contributed by atoms with E-state index in [0.29, 0.717) is 32.4 Å². The number of carbonyl (C=O) groups is 6. The van der Waals surface area contributed by atoms with Crippen LogP contribution in [0.15, 0.2) is 12.2 Å². The molecule has 0 radical (unpaired) electrons. The molecule has 11 nitrogen and oxygen atoms in total. The number of carbonyl (C=O) groups excluding carboxylic acids is 6. The van der Waals surface area contributed by atoms with Gasteiger partial charge in [-0.05, 0) is 40.0 Å². The number of amides is 6. The van der Waals surface area contributed by atoms with Gasteiger partial charge in [-0.15, -0.1) is 0 Å². The maximum absolute atomic E-state index is 12.3. The Morgan fingerprint density at radius 1 is 0.788 bits per heavy atom. The van der Waals surface area contributed by atoms with Crippen LogP contribution < -0.4 is 21.3 Å². The first-order valence-electron chi connectivity index (χ1n) is 11.3. The van der Waals surface area contributed by atoms with Crippen molar-refractivity contribution < 1.29 is 28.8 Å². The molecule has 1 aliphatic heterocycles. The number of rotatable bonds is 14. The first-order valence-corrected chi connectivity index (χ1v) is 11.3. The lowest BCUT2D eigenvalue weighted by Gasteiger charge is -2.20. The molecule has 0 aromatic heterocycles. The highest BCUT2D eigenvalue weighted by Crippen LogP contribution is 2.07. The van der Waals surface area contributed by atoms with Crippen molar-refractivity contribution in [3.05, 3.63) is 12.2 Å². The van der Waals surface area contributed by atoms with E-state index in [9.17, 15) is 28.8 Å². The third kappa shape index (κ3) is 9.84. The molecule has 0 spiro atoms. The number of nitrogens with one attached hydrogen (secondary N) is 4. The summed E-state index contributed by atoms with van der Waals surface area (Å²) in [7, 11) is 0. The van der Waals surface area contributed by atoms with Gasteiger partial charge in [-0.2, -0.15) is 0 Å². The van der Waals surface area contributed by atoms with Crippen molar-refractivity contribution in [2.45, 2.75) is 77.9 Å². The Bertz CT molecular complexity index is 763. The number of hydrogen-bond acceptors (Lipinski definition) is 6. The van der Waals surface area contributed by atoms with Gasteiger partial charge in [-0.3, -0.25) is 33.7 Å². The van der Waals surface area contributed by atoms with Crippen LogP contribution >= 0.6 is 0 Å². The quantitative estimate of drug-likeness (QED) is 0.201. The van der Waals surface area contributed by atoms with Crippen LogP contribution in [0.1, 0.15) is 59.8 Å². The second kappa shape index (κ2) is 14.0. The van der Waals surface area contributed by atoms with Crippen LogP contribution in [-0.4, -0.2) is 71.6 Å². The summed E-state index contributed by atoms with van der Waals surface area (Å²) in [6.07, 6.45) is 5.21. The summed E-state index contributed by atoms with van der Waals surface area (Å²) < 4.78 is 0. The molecule has 33 heavy (non-hydrogen) atoms. The average Bonchev–Trinajstić information content (AvgIpc) is 3.08. The molecule has 0 saturated heterocycles. The summed E-state index contributed by atoms with van der Waals surface area (Å²) in [6.45, 7) is 7.29. The zero-order chi connectivity index (χ0) is 25.0. The summed E-state index contributed by atoms with van der Waals surface area (Å²) >= 11 is 0. The van der Waals surface area contributed by atoms with E-state index >= 15 is 0 Å². The maximum atomic E-state index is 12.3. The minimum absolute atomic E-state index is 0.193. The molecule has 0 fully saturated rings. The van der Waals surface area contributed by atoms with E-state index in [1.807, 2.05) is 6.92 Å². The lowest BCUT2D eigenvalue weighted by molar-refractivity contribution is -0.137. The lowest BCUT2D eigenvalue weighted by Crippen LogP contribution is -2.54. The van der Waals surface area contributed by atoms with Crippen LogP contribution in [0.25, 0.3) is 0 Å². The number of unbranched alkanes of at least 4 members (excludes halogenated alkanes) is 2. The monoisotopic (exact) mass is 465 g/mol. The molecule has 0 aliphatic carbocycles. The number of nitrogens with zero attached hydrogens (tertiary/aromatic N) is 1. The summed E-state index contributed by atoms with van der Waals surface area (Å²) in [5.41, 5.74) is 0. The van der Waals surface area contributed by atoms with Crippen LogP contribution in [0, 0.1) is 0 Å². The van der Waals surface area contributed by atoms with Crippen LogP contribution in [0.3, 0.4) is 0 Å². The van der Waals surface area contributed by atoms with Crippen molar-refractivity contribution in [1.29, 1.82) is 0 Å². The Hall–Kier alpha value is -3.24. The van der Waals surface area contributed by atoms with E-state index in [1.165, 1.54) is 26.0 Å². The molecule has 184 valence electrons. The highest BCUT2D eigenvalue weighted by molar-refractivity contribution is 6.12. The van der Waals surface area contributed by atoms with Crippen molar-refractivity contribution in [1.82, 2.24) is 26.2 Å². The van der Waals surface area contributed by atoms with E-state index in [4.69, 9.17) is 0 Å². The molecule has 1 aliphatic rings. The van der Waals surface area contributed by atoms with E-state index in [-0.39, 0.29) is 30.0 Å². The molecule has 1 rings (SSSR count). The lowest BCUT2D eigenvalue weighted by atomic mass is 10.1. The second-order valence-electron chi connectivity index (χ2n) is 8.01. The normalized spacial score (nSPS) is 15.6. The number of imide groups is 1. The smallest absolute Gasteiger partial charge is 0.253 e. The predicted octanol–water partition coefficient (Wildman–Crippen LogP) is -0.488. The third-order valence-corrected chi connectivity index (χ3v) is 5.01. The van der Waals surface area contributed by atoms with Crippen LogP contribution in [0.4, 0.5) is 0 Å². The van der Waals surface area contributed by atoms with Gasteiger partial charge >= 0.3 is 0 Å². The Kier molecular flexibility index (Phi) is 11.8. The minimum atomic E-state index is -0.885. The summed E-state index contributed by atoms with van der Waals surface area (Å²) in [6, 6.07) is -2.47. The Balaban J connectivity index is 2.26. The maximum Gasteiger partial charge on any atom is 0.253 e. The standard InChI is InChI=1S/C22H35N5O6/c1-5-12-23-20(31)14(2)25-22(33)16(4)26-21(32)15(3)24-17(28)9-7-6-8-13-27-18(29)10-11-19(27)30/h10-11,14-16H,5-9,12-13H2,1-4H3,(H,23,31)(H,24,28)(H,25,33)(H,26,32)/t14-,15-,16-/m0/s1. The topological polar surface area (TPSA) is 154 Å². The van der Waals surface area contributed by atoms with Crippen molar-refractivity contribution in [2.24, 2.45) is 0 Å². The molecule has 11 heteroatoms. The zero-order valence-corrected chi connectivity index (χ0v) is 19.7.